The molecule has 0 N–H and O–H groups in total. The third-order valence-corrected chi connectivity index (χ3v) is 2.20. The first-order valence-corrected chi connectivity index (χ1v) is 4.78. The molecule has 4 nitrogen and oxygen atoms in total. The number of nitrogens with zero attached hydrogens (tertiary/aromatic N) is 3. The van der Waals surface area contributed by atoms with Crippen molar-refractivity contribution in [1.82, 2.24) is 4.98 Å². The molecule has 0 spiro atoms. The topological polar surface area (TPSA) is 63.6 Å². The maximum Gasteiger partial charge on any atom is 0.243 e. The summed E-state index contributed by atoms with van der Waals surface area (Å²) in [6.07, 6.45) is 1.32. The fourth-order valence-corrected chi connectivity index (χ4v) is 1.43. The molecule has 4 heteroatoms. The summed E-state index contributed by atoms with van der Waals surface area (Å²) in [6.45, 7) is 1.85. The highest BCUT2D eigenvalue weighted by atomic mass is 16.5. The van der Waals surface area contributed by atoms with E-state index in [0.717, 1.165) is 5.69 Å². The Kier molecular flexibility index (Phi) is 2.52. The minimum atomic E-state index is 0.391. The summed E-state index contributed by atoms with van der Waals surface area (Å²) in [5, 5.41) is 20.3. The normalized spacial score (nSPS) is 9.75. The number of aromatic nitrogens is 2. The number of nitriles is 1. The summed E-state index contributed by atoms with van der Waals surface area (Å²) < 4.78 is 0.711. The molecule has 0 fully saturated rings. The second-order valence-electron chi connectivity index (χ2n) is 3.40. The van der Waals surface area contributed by atoms with Gasteiger partial charge in [-0.15, -0.1) is 0 Å². The van der Waals surface area contributed by atoms with Crippen LogP contribution in [0.15, 0.2) is 36.5 Å². The summed E-state index contributed by atoms with van der Waals surface area (Å²) in [5.41, 5.74) is 2.25. The van der Waals surface area contributed by atoms with Crippen LogP contribution in [0, 0.1) is 23.5 Å². The van der Waals surface area contributed by atoms with E-state index in [1.54, 1.807) is 6.07 Å². The van der Waals surface area contributed by atoms with Crippen molar-refractivity contribution in [2.75, 3.05) is 0 Å². The largest absolute Gasteiger partial charge is 0.618 e. The number of pyridine rings is 2. The lowest BCUT2D eigenvalue weighted by atomic mass is 10.2. The van der Waals surface area contributed by atoms with Crippen LogP contribution in [0.4, 0.5) is 0 Å². The Hall–Kier alpha value is -2.41. The van der Waals surface area contributed by atoms with Crippen LogP contribution in [0.3, 0.4) is 0 Å². The van der Waals surface area contributed by atoms with E-state index in [2.05, 4.69) is 4.98 Å². The molecule has 0 radical (unpaired) electrons. The van der Waals surface area contributed by atoms with E-state index in [-0.39, 0.29) is 0 Å². The van der Waals surface area contributed by atoms with E-state index < -0.39 is 0 Å². The minimum absolute atomic E-state index is 0.391. The lowest BCUT2D eigenvalue weighted by Crippen LogP contribution is -2.28. The van der Waals surface area contributed by atoms with E-state index in [0.29, 0.717) is 21.7 Å². The highest BCUT2D eigenvalue weighted by Gasteiger charge is 2.11. The summed E-state index contributed by atoms with van der Waals surface area (Å²) in [5.74, 6) is 0. The van der Waals surface area contributed by atoms with Crippen LogP contribution in [0.2, 0.25) is 0 Å². The third-order valence-electron chi connectivity index (χ3n) is 2.20. The molecule has 0 saturated carbocycles. The zero-order valence-electron chi connectivity index (χ0n) is 8.71. The molecule has 0 aliphatic carbocycles. The molecular weight excluding hydrogens is 202 g/mol. The molecule has 2 rings (SSSR count). The monoisotopic (exact) mass is 211 g/mol. The van der Waals surface area contributed by atoms with Crippen LogP contribution in [0.5, 0.6) is 0 Å². The first kappa shape index (κ1) is 10.1. The van der Waals surface area contributed by atoms with Gasteiger partial charge in [0.2, 0.25) is 5.69 Å². The van der Waals surface area contributed by atoms with Gasteiger partial charge >= 0.3 is 0 Å². The average molecular weight is 211 g/mol. The molecule has 16 heavy (non-hydrogen) atoms. The van der Waals surface area contributed by atoms with Crippen molar-refractivity contribution in [3.63, 3.8) is 0 Å². The maximum atomic E-state index is 11.6. The molecule has 78 valence electrons. The summed E-state index contributed by atoms with van der Waals surface area (Å²) in [7, 11) is 0. The number of hydrogen-bond acceptors (Lipinski definition) is 3. The van der Waals surface area contributed by atoms with Gasteiger partial charge in [-0.25, -0.2) is 4.98 Å². The maximum absolute atomic E-state index is 11.6. The molecule has 2 heterocycles. The van der Waals surface area contributed by atoms with E-state index in [4.69, 9.17) is 5.26 Å². The Morgan fingerprint density at radius 2 is 2.19 bits per heavy atom. The Bertz CT molecular complexity index is 573. The first-order valence-electron chi connectivity index (χ1n) is 4.78. The van der Waals surface area contributed by atoms with Crippen molar-refractivity contribution in [2.24, 2.45) is 0 Å². The molecule has 0 aliphatic rings. The van der Waals surface area contributed by atoms with E-state index in [1.165, 1.54) is 18.3 Å². The second kappa shape index (κ2) is 3.99. The van der Waals surface area contributed by atoms with Crippen molar-refractivity contribution < 1.29 is 4.73 Å². The molecule has 0 amide bonds. The van der Waals surface area contributed by atoms with Crippen LogP contribution in [0.1, 0.15) is 11.3 Å². The Labute approximate surface area is 93.0 Å². The molecule has 0 atom stereocenters. The van der Waals surface area contributed by atoms with Gasteiger partial charge < -0.3 is 5.21 Å². The molecular formula is C12H9N3O. The van der Waals surface area contributed by atoms with Crippen molar-refractivity contribution >= 4 is 0 Å². The van der Waals surface area contributed by atoms with Crippen molar-refractivity contribution in [2.45, 2.75) is 6.92 Å². The summed E-state index contributed by atoms with van der Waals surface area (Å²) in [4.78, 5) is 4.25. The second-order valence-corrected chi connectivity index (χ2v) is 3.40. The summed E-state index contributed by atoms with van der Waals surface area (Å²) in [6, 6.07) is 10.4. The van der Waals surface area contributed by atoms with Crippen molar-refractivity contribution in [3.8, 4) is 17.5 Å². The number of hydrogen-bond donors (Lipinski definition) is 0. The molecule has 2 aromatic heterocycles. The van der Waals surface area contributed by atoms with Gasteiger partial charge in [0, 0.05) is 17.8 Å². The molecule has 0 aliphatic heterocycles. The molecule has 0 aromatic carbocycles. The fraction of sp³-hybridized carbons (Fsp3) is 0.0833. The average Bonchev–Trinajstić information content (AvgIpc) is 2.30. The van der Waals surface area contributed by atoms with Crippen LogP contribution >= 0.6 is 0 Å². The number of aryl methyl sites for hydroxylation is 1. The highest BCUT2D eigenvalue weighted by Crippen LogP contribution is 2.13. The van der Waals surface area contributed by atoms with Crippen LogP contribution in [-0.4, -0.2) is 4.98 Å². The standard InChI is InChI=1S/C12H9N3O/c1-9-3-2-4-11(14-9)12-7-10(8-13)5-6-15(12)16/h2-7H,1H3. The van der Waals surface area contributed by atoms with Gasteiger partial charge in [-0.1, -0.05) is 6.07 Å². The lowest BCUT2D eigenvalue weighted by molar-refractivity contribution is -0.593. The predicted octanol–water partition coefficient (Wildman–Crippen LogP) is 1.56. The van der Waals surface area contributed by atoms with Crippen molar-refractivity contribution in [1.29, 1.82) is 5.26 Å². The zero-order valence-corrected chi connectivity index (χ0v) is 8.71. The third kappa shape index (κ3) is 1.84. The minimum Gasteiger partial charge on any atom is -0.618 e. The lowest BCUT2D eigenvalue weighted by Gasteiger charge is -2.04. The highest BCUT2D eigenvalue weighted by molar-refractivity contribution is 5.53. The smallest absolute Gasteiger partial charge is 0.243 e. The Morgan fingerprint density at radius 1 is 1.38 bits per heavy atom. The van der Waals surface area contributed by atoms with Crippen LogP contribution < -0.4 is 4.73 Å². The summed E-state index contributed by atoms with van der Waals surface area (Å²) >= 11 is 0. The van der Waals surface area contributed by atoms with Crippen LogP contribution in [0.25, 0.3) is 11.4 Å². The van der Waals surface area contributed by atoms with E-state index in [9.17, 15) is 5.21 Å². The van der Waals surface area contributed by atoms with Gasteiger partial charge in [0.05, 0.1) is 11.6 Å². The van der Waals surface area contributed by atoms with E-state index in [1.807, 2.05) is 25.1 Å². The first-order chi connectivity index (χ1) is 7.70. The van der Waals surface area contributed by atoms with Crippen molar-refractivity contribution in [3.05, 3.63) is 53.0 Å². The van der Waals surface area contributed by atoms with Gasteiger partial charge in [0.1, 0.15) is 5.69 Å². The Balaban J connectivity index is 2.60. The van der Waals surface area contributed by atoms with E-state index >= 15 is 0 Å². The van der Waals surface area contributed by atoms with Gasteiger partial charge in [0.25, 0.3) is 0 Å². The zero-order chi connectivity index (χ0) is 11.5. The fourth-order valence-electron chi connectivity index (χ4n) is 1.43. The van der Waals surface area contributed by atoms with Gasteiger partial charge in [-0.05, 0) is 19.1 Å². The number of rotatable bonds is 1. The SMILES string of the molecule is Cc1cccc(-c2cc(C#N)cc[n+]2[O-])n1. The molecule has 2 aromatic rings. The van der Waals surface area contributed by atoms with Gasteiger partial charge in [0.15, 0.2) is 6.20 Å². The molecule has 0 unspecified atom stereocenters. The molecule has 0 bridgehead atoms. The Morgan fingerprint density at radius 3 is 2.88 bits per heavy atom. The quantitative estimate of drug-likeness (QED) is 0.531. The predicted molar refractivity (Wildman–Crippen MR) is 58.1 cm³/mol. The van der Waals surface area contributed by atoms with Gasteiger partial charge in [-0.3, -0.25) is 0 Å². The van der Waals surface area contributed by atoms with Gasteiger partial charge in [-0.2, -0.15) is 9.99 Å². The van der Waals surface area contributed by atoms with Crippen LogP contribution in [-0.2, 0) is 0 Å². The molecule has 0 saturated heterocycles.